The van der Waals surface area contributed by atoms with Crippen LogP contribution in [0.15, 0.2) is 0 Å². The summed E-state index contributed by atoms with van der Waals surface area (Å²) in [6.07, 6.45) is 2.35. The van der Waals surface area contributed by atoms with E-state index >= 15 is 0 Å². The minimum Gasteiger partial charge on any atom is -0.481 e. The zero-order valence-corrected chi connectivity index (χ0v) is 20.7. The van der Waals surface area contributed by atoms with Gasteiger partial charge in [0.1, 0.15) is 18.1 Å². The Balaban J connectivity index is 5.57. The molecular formula is C21H38N4O7S. The van der Waals surface area contributed by atoms with E-state index < -0.39 is 60.2 Å². The van der Waals surface area contributed by atoms with Crippen molar-refractivity contribution in [2.75, 3.05) is 12.0 Å². The van der Waals surface area contributed by atoms with E-state index in [0.717, 1.165) is 0 Å². The van der Waals surface area contributed by atoms with Crippen LogP contribution in [0.3, 0.4) is 0 Å². The van der Waals surface area contributed by atoms with Gasteiger partial charge in [-0.25, -0.2) is 4.79 Å². The van der Waals surface area contributed by atoms with Crippen LogP contribution in [-0.2, 0) is 24.0 Å². The molecule has 0 aromatic rings. The summed E-state index contributed by atoms with van der Waals surface area (Å²) in [5.74, 6) is -4.80. The van der Waals surface area contributed by atoms with Gasteiger partial charge in [0, 0.05) is 0 Å². The van der Waals surface area contributed by atoms with Gasteiger partial charge in [0.05, 0.1) is 12.5 Å². The van der Waals surface area contributed by atoms with Crippen molar-refractivity contribution in [2.24, 2.45) is 17.6 Å². The number of carbonyl (C=O) groups is 5. The van der Waals surface area contributed by atoms with Crippen LogP contribution in [0.5, 0.6) is 0 Å². The molecule has 0 saturated carbocycles. The maximum atomic E-state index is 13.0. The molecule has 0 rings (SSSR count). The van der Waals surface area contributed by atoms with Crippen LogP contribution in [0.4, 0.5) is 0 Å². The molecule has 0 saturated heterocycles. The zero-order valence-electron chi connectivity index (χ0n) is 19.9. The molecule has 0 aliphatic carbocycles. The van der Waals surface area contributed by atoms with E-state index in [4.69, 9.17) is 5.73 Å². The lowest BCUT2D eigenvalue weighted by molar-refractivity contribution is -0.143. The average molecular weight is 491 g/mol. The van der Waals surface area contributed by atoms with Crippen molar-refractivity contribution in [1.82, 2.24) is 16.0 Å². The number of hydrogen-bond acceptors (Lipinski definition) is 7. The molecular weight excluding hydrogens is 452 g/mol. The Morgan fingerprint density at radius 3 is 1.85 bits per heavy atom. The Morgan fingerprint density at radius 1 is 0.848 bits per heavy atom. The second kappa shape index (κ2) is 15.5. The van der Waals surface area contributed by atoms with E-state index in [0.29, 0.717) is 18.6 Å². The highest BCUT2D eigenvalue weighted by molar-refractivity contribution is 7.98. The highest BCUT2D eigenvalue weighted by Gasteiger charge is 2.33. The van der Waals surface area contributed by atoms with Gasteiger partial charge < -0.3 is 31.9 Å². The van der Waals surface area contributed by atoms with Gasteiger partial charge in [-0.3, -0.25) is 19.2 Å². The molecule has 0 aliphatic rings. The van der Waals surface area contributed by atoms with Gasteiger partial charge >= 0.3 is 11.9 Å². The summed E-state index contributed by atoms with van der Waals surface area (Å²) >= 11 is 1.40. The maximum Gasteiger partial charge on any atom is 0.326 e. The van der Waals surface area contributed by atoms with Crippen LogP contribution in [0.1, 0.15) is 53.4 Å². The molecule has 0 aromatic heterocycles. The van der Waals surface area contributed by atoms with Gasteiger partial charge in [-0.1, -0.05) is 40.5 Å². The van der Waals surface area contributed by atoms with Gasteiger partial charge in [-0.15, -0.1) is 0 Å². The molecule has 7 N–H and O–H groups in total. The Bertz CT molecular complexity index is 692. The normalized spacial score (nSPS) is 16.4. The summed E-state index contributed by atoms with van der Waals surface area (Å²) in [6.45, 7) is 7.24. The molecule has 0 heterocycles. The number of amides is 3. The minimum absolute atomic E-state index is 0.120. The third-order valence-corrected chi connectivity index (χ3v) is 6.23. The minimum atomic E-state index is -1.52. The zero-order chi connectivity index (χ0) is 25.7. The van der Waals surface area contributed by atoms with E-state index in [1.807, 2.05) is 20.8 Å². The fourth-order valence-electron chi connectivity index (χ4n) is 2.87. The third kappa shape index (κ3) is 10.9. The number of carbonyl (C=O) groups excluding carboxylic acids is 3. The summed E-state index contributed by atoms with van der Waals surface area (Å²) in [5, 5.41) is 25.8. The number of nitrogens with one attached hydrogen (secondary N) is 3. The van der Waals surface area contributed by atoms with Crippen molar-refractivity contribution in [3.63, 3.8) is 0 Å². The summed E-state index contributed by atoms with van der Waals surface area (Å²) in [6, 6.07) is -4.62. The van der Waals surface area contributed by atoms with Gasteiger partial charge in [0.15, 0.2) is 0 Å². The molecule has 33 heavy (non-hydrogen) atoms. The summed E-state index contributed by atoms with van der Waals surface area (Å²) in [4.78, 5) is 60.9. The predicted molar refractivity (Wildman–Crippen MR) is 126 cm³/mol. The number of nitrogens with two attached hydrogens (primary N) is 1. The first-order valence-electron chi connectivity index (χ1n) is 11.0. The van der Waals surface area contributed by atoms with Crippen molar-refractivity contribution >= 4 is 41.4 Å². The number of carboxylic acid groups (broad SMARTS) is 2. The van der Waals surface area contributed by atoms with Crippen LogP contribution in [0.2, 0.25) is 0 Å². The predicted octanol–water partition coefficient (Wildman–Crippen LogP) is 0.173. The van der Waals surface area contributed by atoms with E-state index in [1.165, 1.54) is 11.8 Å². The Hall–Kier alpha value is -2.34. The van der Waals surface area contributed by atoms with E-state index in [2.05, 4.69) is 16.0 Å². The second-order valence-electron chi connectivity index (χ2n) is 8.12. The Kier molecular flexibility index (Phi) is 14.4. The lowest BCUT2D eigenvalue weighted by Crippen LogP contribution is -2.59. The number of carboxylic acids is 2. The third-order valence-electron chi connectivity index (χ3n) is 5.59. The van der Waals surface area contributed by atoms with Crippen molar-refractivity contribution in [3.05, 3.63) is 0 Å². The molecule has 0 fully saturated rings. The van der Waals surface area contributed by atoms with Crippen LogP contribution < -0.4 is 21.7 Å². The molecule has 0 aromatic carbocycles. The van der Waals surface area contributed by atoms with Gasteiger partial charge in [-0.05, 0) is 30.3 Å². The standard InChI is InChI=1S/C21H38N4O7S/c1-6-11(3)16(22)19(29)25-17(12(4)7-2)20(30)24-14(10-15(26)27)18(28)23-13(21(31)32)8-9-33-5/h11-14,16-17H,6-10,22H2,1-5H3,(H,23,28)(H,24,30)(H,25,29)(H,26,27)(H,31,32). The first-order chi connectivity index (χ1) is 15.4. The van der Waals surface area contributed by atoms with Crippen molar-refractivity contribution in [2.45, 2.75) is 77.5 Å². The van der Waals surface area contributed by atoms with E-state index in [9.17, 15) is 34.2 Å². The van der Waals surface area contributed by atoms with Crippen LogP contribution in [0, 0.1) is 11.8 Å². The average Bonchev–Trinajstić information content (AvgIpc) is 2.76. The summed E-state index contributed by atoms with van der Waals surface area (Å²) < 4.78 is 0. The fourth-order valence-corrected chi connectivity index (χ4v) is 3.35. The summed E-state index contributed by atoms with van der Waals surface area (Å²) in [5.41, 5.74) is 5.96. The van der Waals surface area contributed by atoms with Gasteiger partial charge in [0.2, 0.25) is 17.7 Å². The van der Waals surface area contributed by atoms with Crippen molar-refractivity contribution in [3.8, 4) is 0 Å². The van der Waals surface area contributed by atoms with Crippen molar-refractivity contribution < 1.29 is 34.2 Å². The first kappa shape index (κ1) is 30.7. The molecule has 12 heteroatoms. The van der Waals surface area contributed by atoms with Crippen molar-refractivity contribution in [1.29, 1.82) is 0 Å². The number of hydrogen-bond donors (Lipinski definition) is 6. The number of aliphatic carboxylic acids is 2. The second-order valence-corrected chi connectivity index (χ2v) is 9.11. The Morgan fingerprint density at radius 2 is 1.39 bits per heavy atom. The fraction of sp³-hybridized carbons (Fsp3) is 0.762. The van der Waals surface area contributed by atoms with E-state index in [-0.39, 0.29) is 18.3 Å². The Labute approximate surface area is 199 Å². The molecule has 0 spiro atoms. The van der Waals surface area contributed by atoms with Crippen LogP contribution >= 0.6 is 11.8 Å². The quantitative estimate of drug-likeness (QED) is 0.175. The van der Waals surface area contributed by atoms with Gasteiger partial charge in [-0.2, -0.15) is 11.8 Å². The van der Waals surface area contributed by atoms with E-state index in [1.54, 1.807) is 13.2 Å². The lowest BCUT2D eigenvalue weighted by Gasteiger charge is -2.28. The summed E-state index contributed by atoms with van der Waals surface area (Å²) in [7, 11) is 0. The smallest absolute Gasteiger partial charge is 0.326 e. The SMILES string of the molecule is CCC(C)C(N)C(=O)NC(C(=O)NC(CC(=O)O)C(=O)NC(CCSC)C(=O)O)C(C)CC. The maximum absolute atomic E-state index is 13.0. The monoisotopic (exact) mass is 490 g/mol. The molecule has 0 bridgehead atoms. The highest BCUT2D eigenvalue weighted by Crippen LogP contribution is 2.12. The first-order valence-corrected chi connectivity index (χ1v) is 12.4. The molecule has 6 atom stereocenters. The largest absolute Gasteiger partial charge is 0.481 e. The molecule has 11 nitrogen and oxygen atoms in total. The number of thioether (sulfide) groups is 1. The topological polar surface area (TPSA) is 188 Å². The highest BCUT2D eigenvalue weighted by atomic mass is 32.2. The van der Waals surface area contributed by atoms with Gasteiger partial charge in [0.25, 0.3) is 0 Å². The molecule has 0 radical (unpaired) electrons. The van der Waals surface area contributed by atoms with Crippen LogP contribution in [0.25, 0.3) is 0 Å². The van der Waals surface area contributed by atoms with Crippen LogP contribution in [-0.4, -0.2) is 76.0 Å². The molecule has 190 valence electrons. The lowest BCUT2D eigenvalue weighted by atomic mass is 9.95. The number of rotatable bonds is 16. The molecule has 0 aliphatic heterocycles. The molecule has 3 amide bonds. The molecule has 6 unspecified atom stereocenters.